The van der Waals surface area contributed by atoms with Gasteiger partial charge in [0.15, 0.2) is 11.5 Å². The number of ether oxygens (including phenoxy) is 2. The molecule has 1 saturated carbocycles. The van der Waals surface area contributed by atoms with Crippen LogP contribution in [0.3, 0.4) is 0 Å². The van der Waals surface area contributed by atoms with Crippen molar-refractivity contribution < 1.29 is 9.47 Å². The molecule has 0 bridgehead atoms. The number of rotatable bonds is 6. The van der Waals surface area contributed by atoms with Crippen LogP contribution in [0.15, 0.2) is 18.2 Å². The molecule has 3 heteroatoms. The second-order valence-electron chi connectivity index (χ2n) is 5.33. The van der Waals surface area contributed by atoms with E-state index in [1.165, 1.54) is 32.1 Å². The minimum atomic E-state index is 0.527. The Hall–Kier alpha value is -1.22. The zero-order valence-corrected chi connectivity index (χ0v) is 11.9. The van der Waals surface area contributed by atoms with Crippen LogP contribution in [0.5, 0.6) is 11.5 Å². The maximum absolute atomic E-state index is 5.86. The van der Waals surface area contributed by atoms with E-state index in [-0.39, 0.29) is 0 Å². The van der Waals surface area contributed by atoms with Crippen LogP contribution < -0.4 is 15.2 Å². The number of nitrogens with two attached hydrogens (primary N) is 1. The Kier molecular flexibility index (Phi) is 5.52. The summed E-state index contributed by atoms with van der Waals surface area (Å²) in [7, 11) is 1.67. The van der Waals surface area contributed by atoms with E-state index in [9.17, 15) is 0 Å². The molecule has 1 aromatic rings. The zero-order chi connectivity index (χ0) is 13.5. The molecular formula is C16H25NO2. The van der Waals surface area contributed by atoms with Gasteiger partial charge in [0.1, 0.15) is 0 Å². The van der Waals surface area contributed by atoms with Crippen molar-refractivity contribution in [2.75, 3.05) is 13.7 Å². The number of benzene rings is 1. The third-order valence-electron chi connectivity index (χ3n) is 3.97. The summed E-state index contributed by atoms with van der Waals surface area (Å²) in [5.41, 5.74) is 6.69. The molecule has 0 aliphatic heterocycles. The van der Waals surface area contributed by atoms with E-state index in [1.807, 2.05) is 18.2 Å². The summed E-state index contributed by atoms with van der Waals surface area (Å²) in [6.45, 7) is 1.31. The molecule has 0 heterocycles. The van der Waals surface area contributed by atoms with Gasteiger partial charge in [0.25, 0.3) is 0 Å². The first-order chi connectivity index (χ1) is 9.33. The van der Waals surface area contributed by atoms with Gasteiger partial charge in [0.05, 0.1) is 13.7 Å². The average molecular weight is 263 g/mol. The molecule has 1 fully saturated rings. The molecule has 2 N–H and O–H groups in total. The maximum atomic E-state index is 5.86. The van der Waals surface area contributed by atoms with Gasteiger partial charge in [-0.3, -0.25) is 0 Å². The number of hydrogen-bond donors (Lipinski definition) is 1. The Morgan fingerprint density at radius 2 is 1.95 bits per heavy atom. The van der Waals surface area contributed by atoms with Crippen LogP contribution in [-0.4, -0.2) is 13.7 Å². The summed E-state index contributed by atoms with van der Waals surface area (Å²) in [6, 6.07) is 5.91. The van der Waals surface area contributed by atoms with E-state index in [2.05, 4.69) is 0 Å². The summed E-state index contributed by atoms with van der Waals surface area (Å²) in [5, 5.41) is 0. The lowest BCUT2D eigenvalue weighted by Crippen LogP contribution is -2.11. The minimum Gasteiger partial charge on any atom is -0.493 e. The molecule has 1 aliphatic carbocycles. The maximum Gasteiger partial charge on any atom is 0.161 e. The van der Waals surface area contributed by atoms with Gasteiger partial charge >= 0.3 is 0 Å². The van der Waals surface area contributed by atoms with Gasteiger partial charge in [-0.1, -0.05) is 38.2 Å². The van der Waals surface area contributed by atoms with Crippen molar-refractivity contribution in [3.8, 4) is 11.5 Å². The smallest absolute Gasteiger partial charge is 0.161 e. The highest BCUT2D eigenvalue weighted by Gasteiger charge is 2.13. The first kappa shape index (κ1) is 14.2. The molecule has 0 radical (unpaired) electrons. The lowest BCUT2D eigenvalue weighted by atomic mass is 9.87. The van der Waals surface area contributed by atoms with E-state index in [0.29, 0.717) is 6.54 Å². The molecular weight excluding hydrogens is 238 g/mol. The van der Waals surface area contributed by atoms with Crippen molar-refractivity contribution in [3.63, 3.8) is 0 Å². The summed E-state index contributed by atoms with van der Waals surface area (Å²) in [4.78, 5) is 0. The highest BCUT2D eigenvalue weighted by atomic mass is 16.5. The second-order valence-corrected chi connectivity index (χ2v) is 5.33. The van der Waals surface area contributed by atoms with Crippen LogP contribution in [0.25, 0.3) is 0 Å². The molecule has 2 rings (SSSR count). The third kappa shape index (κ3) is 4.13. The van der Waals surface area contributed by atoms with Crippen molar-refractivity contribution in [1.82, 2.24) is 0 Å². The number of methoxy groups -OCH3 is 1. The fourth-order valence-corrected chi connectivity index (χ4v) is 2.77. The molecule has 0 saturated heterocycles. The van der Waals surface area contributed by atoms with E-state index in [4.69, 9.17) is 15.2 Å². The van der Waals surface area contributed by atoms with Crippen molar-refractivity contribution in [1.29, 1.82) is 0 Å². The average Bonchev–Trinajstić information content (AvgIpc) is 2.48. The molecule has 3 nitrogen and oxygen atoms in total. The lowest BCUT2D eigenvalue weighted by Gasteiger charge is -2.21. The molecule has 1 aliphatic rings. The topological polar surface area (TPSA) is 44.5 Å². The van der Waals surface area contributed by atoms with Crippen molar-refractivity contribution in [2.24, 2.45) is 11.7 Å². The predicted molar refractivity (Wildman–Crippen MR) is 77.6 cm³/mol. The quantitative estimate of drug-likeness (QED) is 0.854. The monoisotopic (exact) mass is 263 g/mol. The molecule has 0 aromatic heterocycles. The summed E-state index contributed by atoms with van der Waals surface area (Å²) >= 11 is 0. The van der Waals surface area contributed by atoms with Crippen molar-refractivity contribution >= 4 is 0 Å². The molecule has 19 heavy (non-hydrogen) atoms. The van der Waals surface area contributed by atoms with Crippen LogP contribution in [0, 0.1) is 5.92 Å². The number of hydrogen-bond acceptors (Lipinski definition) is 3. The van der Waals surface area contributed by atoms with Gasteiger partial charge in [0, 0.05) is 6.54 Å². The van der Waals surface area contributed by atoms with Crippen molar-refractivity contribution in [3.05, 3.63) is 23.8 Å². The van der Waals surface area contributed by atoms with Gasteiger partial charge < -0.3 is 15.2 Å². The molecule has 0 unspecified atom stereocenters. The Bertz CT molecular complexity index is 386. The van der Waals surface area contributed by atoms with E-state index < -0.39 is 0 Å². The summed E-state index contributed by atoms with van der Waals surface area (Å²) in [5.74, 6) is 2.46. The fraction of sp³-hybridized carbons (Fsp3) is 0.625. The van der Waals surface area contributed by atoms with Crippen LogP contribution in [-0.2, 0) is 6.54 Å². The SMILES string of the molecule is COc1cc(CN)ccc1OCCC1CCCCC1. The van der Waals surface area contributed by atoms with Gasteiger partial charge in [-0.2, -0.15) is 0 Å². The largest absolute Gasteiger partial charge is 0.493 e. The Labute approximate surface area is 116 Å². The third-order valence-corrected chi connectivity index (χ3v) is 3.97. The van der Waals surface area contributed by atoms with Gasteiger partial charge in [-0.05, 0) is 30.0 Å². The minimum absolute atomic E-state index is 0.527. The Morgan fingerprint density at radius 3 is 2.63 bits per heavy atom. The molecule has 0 atom stereocenters. The van der Waals surface area contributed by atoms with Gasteiger partial charge in [0.2, 0.25) is 0 Å². The fourth-order valence-electron chi connectivity index (χ4n) is 2.77. The van der Waals surface area contributed by atoms with E-state index in [0.717, 1.165) is 36.0 Å². The Morgan fingerprint density at radius 1 is 1.16 bits per heavy atom. The lowest BCUT2D eigenvalue weighted by molar-refractivity contribution is 0.238. The van der Waals surface area contributed by atoms with Crippen molar-refractivity contribution in [2.45, 2.75) is 45.1 Å². The standard InChI is InChI=1S/C16H25NO2/c1-18-16-11-14(12-17)7-8-15(16)19-10-9-13-5-3-2-4-6-13/h7-8,11,13H,2-6,9-10,12,17H2,1H3. The van der Waals surface area contributed by atoms with Crippen LogP contribution in [0.4, 0.5) is 0 Å². The Balaban J connectivity index is 1.84. The van der Waals surface area contributed by atoms with E-state index in [1.54, 1.807) is 7.11 Å². The van der Waals surface area contributed by atoms with E-state index >= 15 is 0 Å². The second kappa shape index (κ2) is 7.39. The zero-order valence-electron chi connectivity index (χ0n) is 11.9. The first-order valence-corrected chi connectivity index (χ1v) is 7.33. The molecule has 1 aromatic carbocycles. The van der Waals surface area contributed by atoms with Crippen LogP contribution in [0.1, 0.15) is 44.1 Å². The molecule has 0 spiro atoms. The van der Waals surface area contributed by atoms with Gasteiger partial charge in [-0.25, -0.2) is 0 Å². The summed E-state index contributed by atoms with van der Waals surface area (Å²) in [6.07, 6.45) is 8.07. The normalized spacial score (nSPS) is 16.3. The van der Waals surface area contributed by atoms with Crippen LogP contribution >= 0.6 is 0 Å². The first-order valence-electron chi connectivity index (χ1n) is 7.33. The molecule has 106 valence electrons. The highest BCUT2D eigenvalue weighted by molar-refractivity contribution is 5.42. The van der Waals surface area contributed by atoms with Crippen LogP contribution in [0.2, 0.25) is 0 Å². The summed E-state index contributed by atoms with van der Waals surface area (Å²) < 4.78 is 11.2. The molecule has 0 amide bonds. The van der Waals surface area contributed by atoms with Gasteiger partial charge in [-0.15, -0.1) is 0 Å². The predicted octanol–water partition coefficient (Wildman–Crippen LogP) is 3.50. The highest BCUT2D eigenvalue weighted by Crippen LogP contribution is 2.30.